The van der Waals surface area contributed by atoms with Gasteiger partial charge in [0, 0.05) is 0 Å². The van der Waals surface area contributed by atoms with Crippen molar-refractivity contribution in [3.8, 4) is 11.5 Å². The fraction of sp³-hybridized carbons (Fsp3) is 0.455. The summed E-state index contributed by atoms with van der Waals surface area (Å²) >= 11 is 0.748. The molecule has 1 saturated heterocycles. The van der Waals surface area contributed by atoms with Crippen LogP contribution in [0.4, 0.5) is 4.79 Å². The van der Waals surface area contributed by atoms with Crippen LogP contribution < -0.4 is 9.47 Å². The number of amides is 2. The van der Waals surface area contributed by atoms with Gasteiger partial charge < -0.3 is 18.9 Å². The molecule has 174 valence electrons. The van der Waals surface area contributed by atoms with Gasteiger partial charge in [-0.3, -0.25) is 19.3 Å². The van der Waals surface area contributed by atoms with E-state index in [9.17, 15) is 19.2 Å². The maximum atomic E-state index is 12.6. The van der Waals surface area contributed by atoms with Crippen LogP contribution in [0, 0.1) is 0 Å². The van der Waals surface area contributed by atoms with E-state index in [1.165, 1.54) is 6.08 Å². The second kappa shape index (κ2) is 12.7. The van der Waals surface area contributed by atoms with Crippen LogP contribution in [0.5, 0.6) is 11.5 Å². The van der Waals surface area contributed by atoms with Gasteiger partial charge >= 0.3 is 11.9 Å². The molecule has 2 amide bonds. The van der Waals surface area contributed by atoms with Gasteiger partial charge in [-0.1, -0.05) is 19.4 Å². The number of thioether (sulfide) groups is 1. The van der Waals surface area contributed by atoms with Crippen molar-refractivity contribution in [2.75, 3.05) is 33.0 Å². The topological polar surface area (TPSA) is 108 Å². The van der Waals surface area contributed by atoms with E-state index in [1.807, 2.05) is 6.92 Å². The lowest BCUT2D eigenvalue weighted by atomic mass is 10.2. The molecule has 0 N–H and O–H groups in total. The highest BCUT2D eigenvalue weighted by Gasteiger charge is 2.36. The predicted molar refractivity (Wildman–Crippen MR) is 118 cm³/mol. The first-order chi connectivity index (χ1) is 15.4. The number of unbranched alkanes of at least 4 members (excludes halogenated alkanes) is 1. The first-order valence-electron chi connectivity index (χ1n) is 10.4. The van der Waals surface area contributed by atoms with E-state index in [1.54, 1.807) is 32.0 Å². The van der Waals surface area contributed by atoms with Crippen molar-refractivity contribution in [3.63, 3.8) is 0 Å². The summed E-state index contributed by atoms with van der Waals surface area (Å²) in [7, 11) is 0. The normalized spacial score (nSPS) is 14.6. The molecular formula is C22H27NO8S. The Bertz CT molecular complexity index is 883. The van der Waals surface area contributed by atoms with Gasteiger partial charge in [-0.25, -0.2) is 4.79 Å². The van der Waals surface area contributed by atoms with E-state index >= 15 is 0 Å². The summed E-state index contributed by atoms with van der Waals surface area (Å²) in [6, 6.07) is 4.90. The van der Waals surface area contributed by atoms with Crippen molar-refractivity contribution in [2.45, 2.75) is 33.6 Å². The molecule has 0 unspecified atom stereocenters. The molecule has 0 bridgehead atoms. The molecule has 1 fully saturated rings. The average molecular weight is 466 g/mol. The van der Waals surface area contributed by atoms with Crippen molar-refractivity contribution in [1.82, 2.24) is 4.90 Å². The zero-order chi connectivity index (χ0) is 23.5. The van der Waals surface area contributed by atoms with E-state index in [4.69, 9.17) is 18.9 Å². The van der Waals surface area contributed by atoms with Crippen LogP contribution in [0.25, 0.3) is 6.08 Å². The van der Waals surface area contributed by atoms with Crippen LogP contribution in [0.2, 0.25) is 0 Å². The lowest BCUT2D eigenvalue weighted by molar-refractivity contribution is -0.146. The number of carbonyl (C=O) groups is 4. The molecule has 0 atom stereocenters. The van der Waals surface area contributed by atoms with Gasteiger partial charge in [0.15, 0.2) is 18.1 Å². The summed E-state index contributed by atoms with van der Waals surface area (Å²) in [6.45, 7) is 5.65. The fourth-order valence-corrected chi connectivity index (χ4v) is 3.47. The zero-order valence-electron chi connectivity index (χ0n) is 18.4. The minimum atomic E-state index is -0.622. The van der Waals surface area contributed by atoms with Gasteiger partial charge in [-0.2, -0.15) is 0 Å². The van der Waals surface area contributed by atoms with Gasteiger partial charge in [-0.05, 0) is 55.8 Å². The number of benzene rings is 1. The minimum absolute atomic E-state index is 0.180. The molecule has 1 aromatic rings. The molecule has 2 rings (SSSR count). The third-order valence-electron chi connectivity index (χ3n) is 4.14. The highest BCUT2D eigenvalue weighted by molar-refractivity contribution is 8.18. The summed E-state index contributed by atoms with van der Waals surface area (Å²) in [5, 5.41) is -0.534. The van der Waals surface area contributed by atoms with Crippen LogP contribution in [0.15, 0.2) is 23.1 Å². The monoisotopic (exact) mass is 465 g/mol. The number of hydrogen-bond acceptors (Lipinski definition) is 9. The molecular weight excluding hydrogens is 438 g/mol. The standard InChI is InChI=1S/C22H27NO8S/c1-4-7-10-30-19(24)13-23-21(26)18(32-22(23)27)12-15-8-9-16(17(11-15)28-5-2)31-14-20(25)29-6-3/h8-9,11-12H,4-7,10,13-14H2,1-3H3/b18-12-. The molecule has 0 spiro atoms. The SMILES string of the molecule is CCCCOC(=O)CN1C(=O)S/C(=C\c2ccc(OCC(=O)OCC)c(OCC)c2)C1=O. The first kappa shape index (κ1) is 25.3. The summed E-state index contributed by atoms with van der Waals surface area (Å²) in [5.41, 5.74) is 0.591. The minimum Gasteiger partial charge on any atom is -0.490 e. The summed E-state index contributed by atoms with van der Waals surface area (Å²) in [4.78, 5) is 49.3. The Hall–Kier alpha value is -3.01. The van der Waals surface area contributed by atoms with Crippen LogP contribution in [0.1, 0.15) is 39.2 Å². The largest absolute Gasteiger partial charge is 0.490 e. The van der Waals surface area contributed by atoms with Gasteiger partial charge in [0.05, 0.1) is 24.7 Å². The second-order valence-electron chi connectivity index (χ2n) is 6.57. The molecule has 0 aromatic heterocycles. The molecule has 10 heteroatoms. The Morgan fingerprint density at radius 1 is 1.00 bits per heavy atom. The Kier molecular flexibility index (Phi) is 10.1. The smallest absolute Gasteiger partial charge is 0.344 e. The molecule has 0 aliphatic carbocycles. The summed E-state index contributed by atoms with van der Waals surface area (Å²) < 4.78 is 20.9. The molecule has 9 nitrogen and oxygen atoms in total. The quantitative estimate of drug-likeness (QED) is 0.261. The lowest BCUT2D eigenvalue weighted by Gasteiger charge is -2.12. The Labute approximate surface area is 191 Å². The molecule has 0 radical (unpaired) electrons. The molecule has 0 saturated carbocycles. The number of ether oxygens (including phenoxy) is 4. The Balaban J connectivity index is 2.10. The van der Waals surface area contributed by atoms with Crippen molar-refractivity contribution >= 4 is 40.9 Å². The van der Waals surface area contributed by atoms with Crippen molar-refractivity contribution < 1.29 is 38.1 Å². The van der Waals surface area contributed by atoms with E-state index in [0.29, 0.717) is 23.7 Å². The molecule has 1 heterocycles. The van der Waals surface area contributed by atoms with E-state index in [0.717, 1.165) is 29.5 Å². The number of nitrogens with zero attached hydrogens (tertiary/aromatic N) is 1. The summed E-state index contributed by atoms with van der Waals surface area (Å²) in [6.07, 6.45) is 3.12. The maximum absolute atomic E-state index is 12.6. The highest BCUT2D eigenvalue weighted by atomic mass is 32.2. The average Bonchev–Trinajstić information content (AvgIpc) is 3.01. The second-order valence-corrected chi connectivity index (χ2v) is 7.57. The molecule has 1 aliphatic rings. The van der Waals surface area contributed by atoms with Crippen LogP contribution in [-0.2, 0) is 23.9 Å². The molecule has 32 heavy (non-hydrogen) atoms. The van der Waals surface area contributed by atoms with Gasteiger partial charge in [0.25, 0.3) is 11.1 Å². The number of imide groups is 1. The number of rotatable bonds is 12. The van der Waals surface area contributed by atoms with Crippen LogP contribution in [-0.4, -0.2) is 61.0 Å². The lowest BCUT2D eigenvalue weighted by Crippen LogP contribution is -2.34. The van der Waals surface area contributed by atoms with Gasteiger partial charge in [0.2, 0.25) is 0 Å². The van der Waals surface area contributed by atoms with Gasteiger partial charge in [0.1, 0.15) is 6.54 Å². The van der Waals surface area contributed by atoms with Crippen molar-refractivity contribution in [1.29, 1.82) is 0 Å². The Morgan fingerprint density at radius 2 is 1.78 bits per heavy atom. The number of esters is 2. The van der Waals surface area contributed by atoms with Crippen LogP contribution in [0.3, 0.4) is 0 Å². The van der Waals surface area contributed by atoms with Crippen molar-refractivity contribution in [3.05, 3.63) is 28.7 Å². The third kappa shape index (κ3) is 7.30. The number of hydrogen-bond donors (Lipinski definition) is 0. The third-order valence-corrected chi connectivity index (χ3v) is 5.05. The van der Waals surface area contributed by atoms with E-state index < -0.39 is 29.6 Å². The number of carbonyl (C=O) groups excluding carboxylic acids is 4. The highest BCUT2D eigenvalue weighted by Crippen LogP contribution is 2.34. The van der Waals surface area contributed by atoms with Gasteiger partial charge in [-0.15, -0.1) is 0 Å². The fourth-order valence-electron chi connectivity index (χ4n) is 2.63. The summed E-state index contributed by atoms with van der Waals surface area (Å²) in [5.74, 6) is -0.957. The maximum Gasteiger partial charge on any atom is 0.344 e. The zero-order valence-corrected chi connectivity index (χ0v) is 19.2. The van der Waals surface area contributed by atoms with E-state index in [-0.39, 0.29) is 24.7 Å². The Morgan fingerprint density at radius 3 is 2.47 bits per heavy atom. The van der Waals surface area contributed by atoms with Crippen LogP contribution >= 0.6 is 11.8 Å². The predicted octanol–water partition coefficient (Wildman–Crippen LogP) is 3.41. The first-order valence-corrected chi connectivity index (χ1v) is 11.2. The molecule has 1 aromatic carbocycles. The van der Waals surface area contributed by atoms with E-state index in [2.05, 4.69) is 0 Å². The molecule has 1 aliphatic heterocycles. The van der Waals surface area contributed by atoms with Crippen molar-refractivity contribution in [2.24, 2.45) is 0 Å².